The zero-order chi connectivity index (χ0) is 17.3. The van der Waals surface area contributed by atoms with Crippen molar-refractivity contribution in [3.05, 3.63) is 65.7 Å². The summed E-state index contributed by atoms with van der Waals surface area (Å²) >= 11 is 0. The molecule has 0 N–H and O–H groups in total. The first-order valence-electron chi connectivity index (χ1n) is 7.97. The third-order valence-electron chi connectivity index (χ3n) is 4.61. The Kier molecular flexibility index (Phi) is 4.56. The quantitative estimate of drug-likeness (QED) is 0.617. The second kappa shape index (κ2) is 6.49. The highest BCUT2D eigenvalue weighted by atomic mass is 32.2. The third-order valence-corrected chi connectivity index (χ3v) is 6.18. The van der Waals surface area contributed by atoms with Gasteiger partial charge in [-0.25, -0.2) is 9.00 Å². The van der Waals surface area contributed by atoms with Crippen molar-refractivity contribution in [2.45, 2.75) is 36.7 Å². The maximum Gasteiger partial charge on any atom is 0.329 e. The molecular formula is C19H21NO3S. The van der Waals surface area contributed by atoms with Gasteiger partial charge in [0.15, 0.2) is 5.54 Å². The van der Waals surface area contributed by atoms with Crippen molar-refractivity contribution >= 4 is 17.0 Å². The molecule has 0 aliphatic carbocycles. The number of methoxy groups -OCH3 is 1. The number of hydrogen-bond acceptors (Lipinski definition) is 3. The van der Waals surface area contributed by atoms with Crippen LogP contribution in [-0.4, -0.2) is 27.1 Å². The molecule has 1 aliphatic rings. The molecule has 1 unspecified atom stereocenters. The van der Waals surface area contributed by atoms with E-state index >= 15 is 0 Å². The Morgan fingerprint density at radius 2 is 1.79 bits per heavy atom. The lowest BCUT2D eigenvalue weighted by Gasteiger charge is -2.12. The van der Waals surface area contributed by atoms with E-state index in [0.29, 0.717) is 11.3 Å². The van der Waals surface area contributed by atoms with E-state index in [0.717, 1.165) is 11.1 Å². The number of carbonyl (C=O) groups is 1. The average Bonchev–Trinajstić information content (AvgIpc) is 3.32. The summed E-state index contributed by atoms with van der Waals surface area (Å²) in [5.41, 5.74) is 1.22. The fraction of sp³-hybridized carbons (Fsp3) is 0.316. The predicted molar refractivity (Wildman–Crippen MR) is 93.6 cm³/mol. The van der Waals surface area contributed by atoms with Gasteiger partial charge in [0.25, 0.3) is 0 Å². The van der Waals surface area contributed by atoms with E-state index in [4.69, 9.17) is 4.74 Å². The van der Waals surface area contributed by atoms with Crippen LogP contribution in [0.4, 0.5) is 0 Å². The number of benzene rings is 2. The Balaban J connectivity index is 2.01. The Hall–Kier alpha value is -1.98. The fourth-order valence-corrected chi connectivity index (χ4v) is 4.87. The molecule has 1 fully saturated rings. The van der Waals surface area contributed by atoms with Crippen LogP contribution in [0.15, 0.2) is 59.5 Å². The second-order valence-corrected chi connectivity index (χ2v) is 7.33. The van der Waals surface area contributed by atoms with E-state index in [9.17, 15) is 9.00 Å². The van der Waals surface area contributed by atoms with Gasteiger partial charge in [-0.2, -0.15) is 4.31 Å². The van der Waals surface area contributed by atoms with Crippen molar-refractivity contribution in [3.63, 3.8) is 0 Å². The number of nitrogens with zero attached hydrogens (tertiary/aromatic N) is 1. The van der Waals surface area contributed by atoms with Crippen molar-refractivity contribution in [3.8, 4) is 0 Å². The number of hydrogen-bond donors (Lipinski definition) is 0. The number of aryl methyl sites for hydroxylation is 1. The molecule has 4 nitrogen and oxygen atoms in total. The second-order valence-electron chi connectivity index (χ2n) is 5.97. The molecule has 0 amide bonds. The first kappa shape index (κ1) is 16.9. The molecule has 0 radical (unpaired) electrons. The van der Waals surface area contributed by atoms with E-state index < -0.39 is 16.5 Å². The van der Waals surface area contributed by atoms with Crippen LogP contribution < -0.4 is 0 Å². The van der Waals surface area contributed by atoms with Crippen LogP contribution in [-0.2, 0) is 20.5 Å². The molecule has 2 aromatic carbocycles. The molecule has 3 rings (SSSR count). The van der Waals surface area contributed by atoms with Gasteiger partial charge in [-0.1, -0.05) is 55.0 Å². The smallest absolute Gasteiger partial charge is 0.329 e. The van der Waals surface area contributed by atoms with Crippen LogP contribution >= 0.6 is 0 Å². The molecule has 1 aliphatic heterocycles. The molecule has 1 saturated heterocycles. The molecule has 0 saturated carbocycles. The largest absolute Gasteiger partial charge is 0.468 e. The monoisotopic (exact) mass is 343 g/mol. The summed E-state index contributed by atoms with van der Waals surface area (Å²) in [6.45, 7) is 3.92. The van der Waals surface area contributed by atoms with Crippen molar-refractivity contribution in [2.75, 3.05) is 7.11 Å². The highest BCUT2D eigenvalue weighted by Gasteiger charge is 2.71. The minimum atomic E-state index is -1.42. The molecule has 2 aromatic rings. The summed E-state index contributed by atoms with van der Waals surface area (Å²) < 4.78 is 19.9. The summed E-state index contributed by atoms with van der Waals surface area (Å²) in [5.74, 6) is -0.334. The maximum absolute atomic E-state index is 13.1. The van der Waals surface area contributed by atoms with Gasteiger partial charge >= 0.3 is 5.97 Å². The lowest BCUT2D eigenvalue weighted by atomic mass is 9.97. The molecule has 0 aromatic heterocycles. The van der Waals surface area contributed by atoms with Crippen LogP contribution in [0.3, 0.4) is 0 Å². The van der Waals surface area contributed by atoms with E-state index in [2.05, 4.69) is 0 Å². The predicted octanol–water partition coefficient (Wildman–Crippen LogP) is 3.40. The van der Waals surface area contributed by atoms with E-state index in [1.165, 1.54) is 7.11 Å². The Bertz CT molecular complexity index is 760. The van der Waals surface area contributed by atoms with E-state index in [-0.39, 0.29) is 12.0 Å². The third kappa shape index (κ3) is 2.58. The molecular weight excluding hydrogens is 322 g/mol. The molecule has 24 heavy (non-hydrogen) atoms. The SMILES string of the molecule is CC[C@]1(C(=O)OC)[C@H](c2ccccc2)N1[S@@](=O)c1ccc(C)cc1. The molecule has 4 atom stereocenters. The zero-order valence-electron chi connectivity index (χ0n) is 14.1. The average molecular weight is 343 g/mol. The topological polar surface area (TPSA) is 46.4 Å². The Morgan fingerprint density at radius 3 is 2.33 bits per heavy atom. The Labute approximate surface area is 145 Å². The van der Waals surface area contributed by atoms with Crippen molar-refractivity contribution < 1.29 is 13.7 Å². The van der Waals surface area contributed by atoms with Crippen LogP contribution in [0.5, 0.6) is 0 Å². The van der Waals surface area contributed by atoms with Gasteiger partial charge in [0.05, 0.1) is 18.0 Å². The van der Waals surface area contributed by atoms with Crippen LogP contribution in [0, 0.1) is 6.92 Å². The molecule has 1 heterocycles. The van der Waals surface area contributed by atoms with Gasteiger partial charge in [0, 0.05) is 0 Å². The van der Waals surface area contributed by atoms with Crippen LogP contribution in [0.2, 0.25) is 0 Å². The van der Waals surface area contributed by atoms with Gasteiger partial charge < -0.3 is 4.74 Å². The van der Waals surface area contributed by atoms with E-state index in [1.54, 1.807) is 4.31 Å². The minimum absolute atomic E-state index is 0.238. The lowest BCUT2D eigenvalue weighted by molar-refractivity contribution is -0.144. The van der Waals surface area contributed by atoms with Gasteiger partial charge in [-0.05, 0) is 31.0 Å². The van der Waals surface area contributed by atoms with Gasteiger partial charge in [0.2, 0.25) is 0 Å². The summed E-state index contributed by atoms with van der Waals surface area (Å²) in [6.07, 6.45) is 0.539. The van der Waals surface area contributed by atoms with Crippen molar-refractivity contribution in [1.29, 1.82) is 0 Å². The van der Waals surface area contributed by atoms with E-state index in [1.807, 2.05) is 68.4 Å². The maximum atomic E-state index is 13.1. The highest BCUT2D eigenvalue weighted by Crippen LogP contribution is 2.58. The van der Waals surface area contributed by atoms with Crippen molar-refractivity contribution in [1.82, 2.24) is 4.31 Å². The van der Waals surface area contributed by atoms with Gasteiger partial charge in [0.1, 0.15) is 11.0 Å². The number of rotatable bonds is 5. The number of ether oxygens (including phenoxy) is 1. The summed E-state index contributed by atoms with van der Waals surface area (Å²) in [6, 6.07) is 17.0. The van der Waals surface area contributed by atoms with Gasteiger partial charge in [-0.3, -0.25) is 0 Å². The van der Waals surface area contributed by atoms with Crippen molar-refractivity contribution in [2.24, 2.45) is 0 Å². The van der Waals surface area contributed by atoms with Crippen LogP contribution in [0.25, 0.3) is 0 Å². The molecule has 126 valence electrons. The minimum Gasteiger partial charge on any atom is -0.468 e. The number of esters is 1. The molecule has 0 spiro atoms. The highest BCUT2D eigenvalue weighted by molar-refractivity contribution is 7.83. The summed E-state index contributed by atoms with van der Waals surface area (Å²) in [7, 11) is -0.0398. The first-order valence-corrected chi connectivity index (χ1v) is 9.08. The summed E-state index contributed by atoms with van der Waals surface area (Å²) in [5, 5.41) is 0. The zero-order valence-corrected chi connectivity index (χ0v) is 14.9. The summed E-state index contributed by atoms with van der Waals surface area (Å²) in [4.78, 5) is 13.2. The standard InChI is InChI=1S/C19H21NO3S/c1-4-19(18(21)23-3)17(15-8-6-5-7-9-15)20(19)24(22)16-12-10-14(2)11-13-16/h5-13,17H,4H2,1-3H3/t17-,19+,20?,24-/m0/s1. The Morgan fingerprint density at radius 1 is 1.17 bits per heavy atom. The molecule has 0 bridgehead atoms. The van der Waals surface area contributed by atoms with Crippen LogP contribution in [0.1, 0.15) is 30.5 Å². The fourth-order valence-electron chi connectivity index (χ4n) is 3.24. The normalized spacial score (nSPS) is 26.6. The number of carbonyl (C=O) groups excluding carboxylic acids is 1. The lowest BCUT2D eigenvalue weighted by Crippen LogP contribution is -2.31. The van der Waals surface area contributed by atoms with Gasteiger partial charge in [-0.15, -0.1) is 0 Å². The molecule has 5 heteroatoms. The first-order chi connectivity index (χ1) is 11.6.